The van der Waals surface area contributed by atoms with Gasteiger partial charge in [0.25, 0.3) is 11.5 Å². The summed E-state index contributed by atoms with van der Waals surface area (Å²) in [6.45, 7) is 1.64. The van der Waals surface area contributed by atoms with Gasteiger partial charge < -0.3 is 0 Å². The van der Waals surface area contributed by atoms with Crippen LogP contribution in [0.25, 0.3) is 0 Å². The first-order chi connectivity index (χ1) is 9.16. The van der Waals surface area contributed by atoms with E-state index in [0.717, 1.165) is 5.56 Å². The quantitative estimate of drug-likeness (QED) is 0.758. The Bertz CT molecular complexity index is 653. The van der Waals surface area contributed by atoms with E-state index >= 15 is 0 Å². The van der Waals surface area contributed by atoms with Crippen LogP contribution in [0.2, 0.25) is 0 Å². The molecule has 1 aliphatic rings. The van der Waals surface area contributed by atoms with Crippen LogP contribution in [-0.2, 0) is 0 Å². The Hall–Kier alpha value is -2.41. The van der Waals surface area contributed by atoms with E-state index in [0.29, 0.717) is 11.6 Å². The van der Waals surface area contributed by atoms with Crippen LogP contribution in [0.1, 0.15) is 17.4 Å². The zero-order chi connectivity index (χ0) is 13.4. The predicted octanol–water partition coefficient (Wildman–Crippen LogP) is 0.143. The average molecular weight is 258 g/mol. The number of rotatable bonds is 1. The highest BCUT2D eigenvalue weighted by Crippen LogP contribution is 2.17. The number of nitrogens with zero attached hydrogens (tertiary/aromatic N) is 4. The molecule has 0 spiro atoms. The first kappa shape index (κ1) is 11.7. The van der Waals surface area contributed by atoms with E-state index in [2.05, 4.69) is 21.0 Å². The second-order valence-corrected chi connectivity index (χ2v) is 4.39. The van der Waals surface area contributed by atoms with E-state index in [1.54, 1.807) is 19.0 Å². The Morgan fingerprint density at radius 3 is 2.63 bits per heavy atom. The van der Waals surface area contributed by atoms with E-state index in [9.17, 15) is 4.79 Å². The number of hydrogen-bond donors (Lipinski definition) is 2. The van der Waals surface area contributed by atoms with E-state index in [4.69, 9.17) is 0 Å². The number of hydrogen-bond acceptors (Lipinski definition) is 6. The van der Waals surface area contributed by atoms with Crippen molar-refractivity contribution in [2.45, 2.75) is 13.1 Å². The molecule has 1 atom stereocenters. The summed E-state index contributed by atoms with van der Waals surface area (Å²) < 4.78 is 1.41. The highest BCUT2D eigenvalue weighted by molar-refractivity contribution is 5.34. The molecule has 2 aromatic rings. The van der Waals surface area contributed by atoms with Crippen LogP contribution in [-0.4, -0.2) is 21.9 Å². The third-order valence-corrected chi connectivity index (χ3v) is 3.02. The number of nitrogens with one attached hydrogen (secondary N) is 2. The molecule has 2 N–H and O–H groups in total. The number of hydrazine groups is 1. The molecule has 0 saturated carbocycles. The fourth-order valence-electron chi connectivity index (χ4n) is 2.00. The van der Waals surface area contributed by atoms with Gasteiger partial charge in [-0.05, 0) is 12.5 Å². The average Bonchev–Trinajstić information content (AvgIpc) is 2.44. The second-order valence-electron chi connectivity index (χ2n) is 4.39. The Balaban J connectivity index is 2.04. The zero-order valence-corrected chi connectivity index (χ0v) is 10.7. The molecule has 0 bridgehead atoms. The van der Waals surface area contributed by atoms with Crippen molar-refractivity contribution in [3.8, 4) is 0 Å². The van der Waals surface area contributed by atoms with Gasteiger partial charge in [0.15, 0.2) is 0 Å². The maximum absolute atomic E-state index is 12.1. The summed E-state index contributed by atoms with van der Waals surface area (Å²) in [6, 6.07) is 9.82. The summed E-state index contributed by atoms with van der Waals surface area (Å²) in [5.74, 6) is 0.433. The molecule has 0 radical (unpaired) electrons. The Labute approximate surface area is 109 Å². The number of anilines is 1. The molecular formula is C12H14N6O. The molecule has 19 heavy (non-hydrogen) atoms. The number of benzene rings is 1. The SMILES string of the molecule is Cc1nnc2n(c1=O)NC(c1ccccc1)NN2C. The standard InChI is InChI=1S/C12H14N6O/c1-8-11(19)18-12(14-13-8)17(2)15-10(16-18)9-6-4-3-5-7-9/h3-7,10,15-16H,1-2H3. The lowest BCUT2D eigenvalue weighted by Crippen LogP contribution is -2.54. The van der Waals surface area contributed by atoms with E-state index < -0.39 is 0 Å². The molecule has 1 unspecified atom stereocenters. The number of fused-ring (bicyclic) bond motifs is 1. The molecule has 0 saturated heterocycles. The van der Waals surface area contributed by atoms with Crippen molar-refractivity contribution in [3.05, 3.63) is 51.9 Å². The summed E-state index contributed by atoms with van der Waals surface area (Å²) in [4.78, 5) is 12.1. The topological polar surface area (TPSA) is 75.1 Å². The van der Waals surface area contributed by atoms with Crippen molar-refractivity contribution in [2.24, 2.45) is 0 Å². The van der Waals surface area contributed by atoms with Crippen LogP contribution in [0.15, 0.2) is 35.1 Å². The largest absolute Gasteiger partial charge is 0.297 e. The van der Waals surface area contributed by atoms with E-state index in [1.807, 2.05) is 30.3 Å². The molecule has 7 nitrogen and oxygen atoms in total. The fraction of sp³-hybridized carbons (Fsp3) is 0.250. The van der Waals surface area contributed by atoms with Crippen molar-refractivity contribution in [1.82, 2.24) is 20.3 Å². The van der Waals surface area contributed by atoms with Gasteiger partial charge in [0.2, 0.25) is 0 Å². The highest BCUT2D eigenvalue weighted by atomic mass is 16.1. The molecule has 7 heteroatoms. The van der Waals surface area contributed by atoms with Gasteiger partial charge in [0.1, 0.15) is 11.9 Å². The van der Waals surface area contributed by atoms with Gasteiger partial charge in [-0.15, -0.1) is 10.2 Å². The molecule has 1 aromatic carbocycles. The van der Waals surface area contributed by atoms with Crippen LogP contribution in [0.5, 0.6) is 0 Å². The van der Waals surface area contributed by atoms with Crippen LogP contribution < -0.4 is 21.4 Å². The second kappa shape index (κ2) is 4.36. The molecule has 2 heterocycles. The van der Waals surface area contributed by atoms with E-state index in [1.165, 1.54) is 4.68 Å². The van der Waals surface area contributed by atoms with Crippen LogP contribution in [0.4, 0.5) is 5.95 Å². The summed E-state index contributed by atoms with van der Waals surface area (Å²) in [7, 11) is 1.80. The van der Waals surface area contributed by atoms with Gasteiger partial charge in [0.05, 0.1) is 0 Å². The van der Waals surface area contributed by atoms with Crippen molar-refractivity contribution in [2.75, 3.05) is 17.5 Å². The van der Waals surface area contributed by atoms with Gasteiger partial charge in [-0.2, -0.15) is 4.68 Å². The van der Waals surface area contributed by atoms with Gasteiger partial charge in [-0.3, -0.25) is 15.2 Å². The van der Waals surface area contributed by atoms with Gasteiger partial charge >= 0.3 is 0 Å². The Morgan fingerprint density at radius 1 is 1.16 bits per heavy atom. The first-order valence-corrected chi connectivity index (χ1v) is 5.94. The minimum absolute atomic E-state index is 0.194. The van der Waals surface area contributed by atoms with Crippen LogP contribution in [0.3, 0.4) is 0 Å². The van der Waals surface area contributed by atoms with Crippen LogP contribution in [0, 0.1) is 6.92 Å². The molecule has 0 aliphatic carbocycles. The molecule has 0 amide bonds. The molecular weight excluding hydrogens is 244 g/mol. The molecule has 1 aliphatic heterocycles. The number of aryl methyl sites for hydroxylation is 1. The first-order valence-electron chi connectivity index (χ1n) is 5.94. The Morgan fingerprint density at radius 2 is 1.89 bits per heavy atom. The maximum atomic E-state index is 12.1. The van der Waals surface area contributed by atoms with Crippen molar-refractivity contribution in [3.63, 3.8) is 0 Å². The lowest BCUT2D eigenvalue weighted by molar-refractivity contribution is 0.461. The zero-order valence-electron chi connectivity index (χ0n) is 10.7. The lowest BCUT2D eigenvalue weighted by atomic mass is 10.2. The maximum Gasteiger partial charge on any atom is 0.295 e. The minimum atomic E-state index is -0.195. The molecule has 0 fully saturated rings. The summed E-state index contributed by atoms with van der Waals surface area (Å²) in [6.07, 6.45) is -0.194. The van der Waals surface area contributed by atoms with Crippen molar-refractivity contribution >= 4 is 5.95 Å². The summed E-state index contributed by atoms with van der Waals surface area (Å²) in [5.41, 5.74) is 7.49. The van der Waals surface area contributed by atoms with E-state index in [-0.39, 0.29) is 11.7 Å². The normalized spacial score (nSPS) is 17.8. The van der Waals surface area contributed by atoms with Gasteiger partial charge in [-0.1, -0.05) is 30.3 Å². The third kappa shape index (κ3) is 1.93. The predicted molar refractivity (Wildman–Crippen MR) is 71.1 cm³/mol. The Kier molecular flexibility index (Phi) is 2.68. The number of aromatic nitrogens is 3. The van der Waals surface area contributed by atoms with Gasteiger partial charge in [-0.25, -0.2) is 5.43 Å². The summed E-state index contributed by atoms with van der Waals surface area (Å²) in [5, 5.41) is 9.52. The molecule has 98 valence electrons. The monoisotopic (exact) mass is 258 g/mol. The smallest absolute Gasteiger partial charge is 0.295 e. The minimum Gasteiger partial charge on any atom is -0.297 e. The lowest BCUT2D eigenvalue weighted by Gasteiger charge is -2.35. The summed E-state index contributed by atoms with van der Waals surface area (Å²) >= 11 is 0. The van der Waals surface area contributed by atoms with Crippen molar-refractivity contribution < 1.29 is 0 Å². The van der Waals surface area contributed by atoms with Gasteiger partial charge in [0, 0.05) is 7.05 Å². The van der Waals surface area contributed by atoms with Crippen LogP contribution >= 0.6 is 0 Å². The fourth-order valence-corrected chi connectivity index (χ4v) is 2.00. The van der Waals surface area contributed by atoms with Crippen molar-refractivity contribution in [1.29, 1.82) is 0 Å². The highest BCUT2D eigenvalue weighted by Gasteiger charge is 2.24. The third-order valence-electron chi connectivity index (χ3n) is 3.02. The molecule has 1 aromatic heterocycles. The molecule has 3 rings (SSSR count).